The first-order valence-corrected chi connectivity index (χ1v) is 6.19. The molecule has 6 heteroatoms. The lowest BCUT2D eigenvalue weighted by atomic mass is 10.0. The monoisotopic (exact) mass is 291 g/mol. The van der Waals surface area contributed by atoms with E-state index in [1.807, 2.05) is 6.92 Å². The van der Waals surface area contributed by atoms with E-state index in [0.29, 0.717) is 22.0 Å². The molecule has 0 radical (unpaired) electrons. The molecule has 1 amide bonds. The number of rotatable bonds is 5. The van der Waals surface area contributed by atoms with E-state index in [9.17, 15) is 4.79 Å². The lowest BCUT2D eigenvalue weighted by Crippen LogP contribution is -2.29. The molecule has 100 valence electrons. The van der Waals surface area contributed by atoms with Gasteiger partial charge in [-0.05, 0) is 18.6 Å². The number of amides is 1. The number of hydrogen-bond donors (Lipinski definition) is 1. The van der Waals surface area contributed by atoms with Crippen molar-refractivity contribution < 1.29 is 14.3 Å². The van der Waals surface area contributed by atoms with Gasteiger partial charge in [0.25, 0.3) is 0 Å². The number of nitrogens with two attached hydrogens (primary N) is 1. The minimum Gasteiger partial charge on any atom is -0.443 e. The zero-order chi connectivity index (χ0) is 13.7. The minimum absolute atomic E-state index is 0.459. The molecule has 0 aromatic heterocycles. The van der Waals surface area contributed by atoms with Gasteiger partial charge in [0.2, 0.25) is 0 Å². The summed E-state index contributed by atoms with van der Waals surface area (Å²) in [6, 6.07) is 5.13. The van der Waals surface area contributed by atoms with Crippen molar-refractivity contribution in [2.24, 2.45) is 5.73 Å². The van der Waals surface area contributed by atoms with Crippen LogP contribution in [0.5, 0.6) is 0 Å². The topological polar surface area (TPSA) is 61.5 Å². The Morgan fingerprint density at radius 2 is 1.94 bits per heavy atom. The van der Waals surface area contributed by atoms with Crippen molar-refractivity contribution in [1.82, 2.24) is 0 Å². The van der Waals surface area contributed by atoms with E-state index in [4.69, 9.17) is 38.4 Å². The van der Waals surface area contributed by atoms with Crippen LogP contribution in [0.4, 0.5) is 4.79 Å². The highest BCUT2D eigenvalue weighted by Gasteiger charge is 2.28. The van der Waals surface area contributed by atoms with Gasteiger partial charge in [-0.1, -0.05) is 36.2 Å². The van der Waals surface area contributed by atoms with Crippen LogP contribution in [0.1, 0.15) is 25.0 Å². The molecule has 18 heavy (non-hydrogen) atoms. The molecule has 4 nitrogen and oxygen atoms in total. The van der Waals surface area contributed by atoms with Gasteiger partial charge in [0.15, 0.2) is 0 Å². The molecule has 0 bridgehead atoms. The molecule has 0 heterocycles. The first-order valence-electron chi connectivity index (χ1n) is 5.44. The second-order valence-electron chi connectivity index (χ2n) is 3.68. The highest BCUT2D eigenvalue weighted by Crippen LogP contribution is 2.35. The number of hydrogen-bond acceptors (Lipinski definition) is 3. The zero-order valence-corrected chi connectivity index (χ0v) is 11.7. The van der Waals surface area contributed by atoms with Gasteiger partial charge >= 0.3 is 6.09 Å². The molecule has 2 atom stereocenters. The van der Waals surface area contributed by atoms with Gasteiger partial charge in [-0.25, -0.2) is 4.79 Å². The van der Waals surface area contributed by atoms with E-state index in [0.717, 1.165) is 0 Å². The second-order valence-corrected chi connectivity index (χ2v) is 4.49. The maximum absolute atomic E-state index is 10.9. The van der Waals surface area contributed by atoms with E-state index in [1.54, 1.807) is 18.2 Å². The number of benzene rings is 1. The second kappa shape index (κ2) is 6.83. The summed E-state index contributed by atoms with van der Waals surface area (Å²) in [5.74, 6) is 0. The standard InChI is InChI=1S/C12H15Cl2NO3/c1-3-9(18-12(15)16)11(17-2)10-7(13)5-4-6-8(10)14/h4-6,9,11H,3H2,1-2H3,(H2,15,16)/t9-,11+/m1/s1. The molecule has 0 aliphatic carbocycles. The Morgan fingerprint density at radius 1 is 1.39 bits per heavy atom. The number of halogens is 2. The zero-order valence-electron chi connectivity index (χ0n) is 10.2. The maximum Gasteiger partial charge on any atom is 0.404 e. The van der Waals surface area contributed by atoms with Gasteiger partial charge in [-0.15, -0.1) is 0 Å². The summed E-state index contributed by atoms with van der Waals surface area (Å²) in [4.78, 5) is 10.9. The molecule has 0 saturated carbocycles. The molecule has 2 N–H and O–H groups in total. The number of ether oxygens (including phenoxy) is 2. The van der Waals surface area contributed by atoms with Crippen LogP contribution in [-0.2, 0) is 9.47 Å². The number of primary amides is 1. The summed E-state index contributed by atoms with van der Waals surface area (Å²) >= 11 is 12.2. The Morgan fingerprint density at radius 3 is 2.33 bits per heavy atom. The van der Waals surface area contributed by atoms with Crippen molar-refractivity contribution >= 4 is 29.3 Å². The van der Waals surface area contributed by atoms with E-state index in [1.165, 1.54) is 7.11 Å². The van der Waals surface area contributed by atoms with Crippen LogP contribution in [-0.4, -0.2) is 19.3 Å². The predicted molar refractivity (Wildman–Crippen MR) is 71.0 cm³/mol. The summed E-state index contributed by atoms with van der Waals surface area (Å²) in [6.45, 7) is 1.85. The summed E-state index contributed by atoms with van der Waals surface area (Å²) < 4.78 is 10.4. The summed E-state index contributed by atoms with van der Waals surface area (Å²) in [5.41, 5.74) is 5.63. The van der Waals surface area contributed by atoms with E-state index >= 15 is 0 Å². The normalized spacial score (nSPS) is 14.0. The molecule has 0 spiro atoms. The van der Waals surface area contributed by atoms with Crippen LogP contribution in [0.2, 0.25) is 10.0 Å². The number of carbonyl (C=O) groups excluding carboxylic acids is 1. The summed E-state index contributed by atoms with van der Waals surface area (Å²) in [6.07, 6.45) is -1.41. The van der Waals surface area contributed by atoms with Gasteiger partial charge in [-0.2, -0.15) is 0 Å². The van der Waals surface area contributed by atoms with Gasteiger partial charge in [0, 0.05) is 22.7 Å². The molecule has 0 saturated heterocycles. The van der Waals surface area contributed by atoms with Gasteiger partial charge < -0.3 is 15.2 Å². The maximum atomic E-state index is 10.9. The quantitative estimate of drug-likeness (QED) is 0.902. The average molecular weight is 292 g/mol. The Bertz CT molecular complexity index is 406. The molecule has 0 aliphatic heterocycles. The van der Waals surface area contributed by atoms with Crippen molar-refractivity contribution in [3.8, 4) is 0 Å². The molecular weight excluding hydrogens is 277 g/mol. The smallest absolute Gasteiger partial charge is 0.404 e. The first kappa shape index (κ1) is 15.1. The molecular formula is C12H15Cl2NO3. The molecule has 0 aliphatic rings. The van der Waals surface area contributed by atoms with Crippen molar-refractivity contribution in [3.63, 3.8) is 0 Å². The lowest BCUT2D eigenvalue weighted by Gasteiger charge is -2.26. The number of carbonyl (C=O) groups is 1. The third-order valence-corrected chi connectivity index (χ3v) is 3.20. The van der Waals surface area contributed by atoms with Crippen molar-refractivity contribution in [2.75, 3.05) is 7.11 Å². The first-order chi connectivity index (χ1) is 8.51. The van der Waals surface area contributed by atoms with Crippen molar-refractivity contribution in [1.29, 1.82) is 0 Å². The predicted octanol–water partition coefficient (Wildman–Crippen LogP) is 3.55. The molecule has 0 unspecified atom stereocenters. The third-order valence-electron chi connectivity index (χ3n) is 2.55. The fourth-order valence-electron chi connectivity index (χ4n) is 1.75. The highest BCUT2D eigenvalue weighted by atomic mass is 35.5. The van der Waals surface area contributed by atoms with Gasteiger partial charge in [0.1, 0.15) is 12.2 Å². The Hall–Kier alpha value is -0.970. The minimum atomic E-state index is -0.855. The Labute approximate surface area is 116 Å². The fourth-order valence-corrected chi connectivity index (χ4v) is 2.36. The molecule has 1 rings (SSSR count). The van der Waals surface area contributed by atoms with Crippen LogP contribution in [0.25, 0.3) is 0 Å². The van der Waals surface area contributed by atoms with Crippen LogP contribution >= 0.6 is 23.2 Å². The van der Waals surface area contributed by atoms with Crippen LogP contribution in [0.15, 0.2) is 18.2 Å². The SMILES string of the molecule is CC[C@@H](OC(N)=O)[C@H](OC)c1c(Cl)cccc1Cl. The van der Waals surface area contributed by atoms with Crippen LogP contribution in [0.3, 0.4) is 0 Å². The van der Waals surface area contributed by atoms with E-state index < -0.39 is 18.3 Å². The molecule has 1 aromatic carbocycles. The molecule has 0 fully saturated rings. The molecule has 1 aromatic rings. The average Bonchev–Trinajstić information content (AvgIpc) is 2.31. The van der Waals surface area contributed by atoms with Gasteiger partial charge in [-0.3, -0.25) is 0 Å². The third kappa shape index (κ3) is 3.51. The lowest BCUT2D eigenvalue weighted by molar-refractivity contribution is -0.0226. The highest BCUT2D eigenvalue weighted by molar-refractivity contribution is 6.36. The van der Waals surface area contributed by atoms with Crippen molar-refractivity contribution in [2.45, 2.75) is 25.6 Å². The van der Waals surface area contributed by atoms with E-state index in [2.05, 4.69) is 0 Å². The van der Waals surface area contributed by atoms with E-state index in [-0.39, 0.29) is 0 Å². The summed E-state index contributed by atoms with van der Waals surface area (Å²) in [5, 5.41) is 0.918. The Balaban J connectivity index is 3.11. The van der Waals surface area contributed by atoms with Crippen LogP contribution in [0, 0.1) is 0 Å². The van der Waals surface area contributed by atoms with Gasteiger partial charge in [0.05, 0.1) is 0 Å². The van der Waals surface area contributed by atoms with Crippen LogP contribution < -0.4 is 5.73 Å². The number of methoxy groups -OCH3 is 1. The Kier molecular flexibility index (Phi) is 5.72. The fraction of sp³-hybridized carbons (Fsp3) is 0.417. The largest absolute Gasteiger partial charge is 0.443 e. The van der Waals surface area contributed by atoms with Crippen molar-refractivity contribution in [3.05, 3.63) is 33.8 Å². The summed E-state index contributed by atoms with van der Waals surface area (Å²) in [7, 11) is 1.50.